The van der Waals surface area contributed by atoms with E-state index in [1.165, 1.54) is 0 Å². The monoisotopic (exact) mass is 356 g/mol. The van der Waals surface area contributed by atoms with Crippen LogP contribution in [-0.4, -0.2) is 18.2 Å². The van der Waals surface area contributed by atoms with E-state index >= 15 is 0 Å². The van der Waals surface area contributed by atoms with Gasteiger partial charge in [-0.2, -0.15) is 0 Å². The van der Waals surface area contributed by atoms with Crippen molar-refractivity contribution in [2.45, 2.75) is 51.6 Å². The number of unbranched alkanes of at least 4 members (excludes halogenated alkanes) is 2. The molecule has 0 saturated heterocycles. The lowest BCUT2D eigenvalue weighted by Crippen LogP contribution is -2.10. The summed E-state index contributed by atoms with van der Waals surface area (Å²) in [7, 11) is 1.61. The summed E-state index contributed by atoms with van der Waals surface area (Å²) in [4.78, 5) is 11.4. The first-order valence-corrected chi connectivity index (χ1v) is 9.21. The summed E-state index contributed by atoms with van der Waals surface area (Å²) in [6, 6.07) is 15.6. The van der Waals surface area contributed by atoms with Crippen molar-refractivity contribution in [1.29, 1.82) is 0 Å². The molecule has 0 amide bonds. The molecule has 0 bridgehead atoms. The fourth-order valence-corrected chi connectivity index (χ4v) is 3.12. The molecule has 2 aromatic rings. The van der Waals surface area contributed by atoms with Crippen LogP contribution in [0.5, 0.6) is 11.5 Å². The van der Waals surface area contributed by atoms with E-state index in [0.29, 0.717) is 18.1 Å². The average Bonchev–Trinajstić information content (AvgIpc) is 2.66. The third-order valence-electron chi connectivity index (χ3n) is 4.47. The van der Waals surface area contributed by atoms with Gasteiger partial charge in [0.1, 0.15) is 6.61 Å². The summed E-state index contributed by atoms with van der Waals surface area (Å²) in [5.74, 6) is 0.425. The number of benzene rings is 2. The molecule has 140 valence electrons. The van der Waals surface area contributed by atoms with Gasteiger partial charge in [-0.1, -0.05) is 68.7 Å². The quantitative estimate of drug-likeness (QED) is 0.547. The molecule has 0 radical (unpaired) electrons. The Hall–Kier alpha value is -2.49. The van der Waals surface area contributed by atoms with Gasteiger partial charge in [0.25, 0.3) is 0 Å². The third kappa shape index (κ3) is 5.80. The highest BCUT2D eigenvalue weighted by Gasteiger charge is 2.22. The highest BCUT2D eigenvalue weighted by molar-refractivity contribution is 5.68. The SMILES string of the molecule is CCCCCC(CC(=O)O)c1cccc(OC)c1OCc1ccccc1. The molecule has 4 heteroatoms. The maximum Gasteiger partial charge on any atom is 0.303 e. The molecule has 1 atom stereocenters. The van der Waals surface area contributed by atoms with Gasteiger partial charge in [-0.05, 0) is 24.0 Å². The molecule has 0 fully saturated rings. The van der Waals surface area contributed by atoms with E-state index in [4.69, 9.17) is 9.47 Å². The smallest absolute Gasteiger partial charge is 0.303 e. The number of aliphatic carboxylic acids is 1. The molecule has 2 rings (SSSR count). The Kier molecular flexibility index (Phi) is 8.00. The first-order chi connectivity index (χ1) is 12.7. The number of ether oxygens (including phenoxy) is 2. The van der Waals surface area contributed by atoms with Gasteiger partial charge < -0.3 is 14.6 Å². The van der Waals surface area contributed by atoms with Crippen LogP contribution in [0.1, 0.15) is 56.1 Å². The summed E-state index contributed by atoms with van der Waals surface area (Å²) in [6.45, 7) is 2.56. The molecule has 0 aromatic heterocycles. The van der Waals surface area contributed by atoms with Crippen molar-refractivity contribution in [3.05, 3.63) is 59.7 Å². The fourth-order valence-electron chi connectivity index (χ4n) is 3.12. The Morgan fingerprint density at radius 1 is 1.08 bits per heavy atom. The van der Waals surface area contributed by atoms with Gasteiger partial charge in [0.05, 0.1) is 13.5 Å². The maximum atomic E-state index is 11.4. The van der Waals surface area contributed by atoms with Crippen LogP contribution in [0.15, 0.2) is 48.5 Å². The highest BCUT2D eigenvalue weighted by Crippen LogP contribution is 2.39. The third-order valence-corrected chi connectivity index (χ3v) is 4.47. The molecule has 1 unspecified atom stereocenters. The van der Waals surface area contributed by atoms with E-state index in [1.807, 2.05) is 48.5 Å². The number of rotatable bonds is 11. The van der Waals surface area contributed by atoms with Crippen LogP contribution in [-0.2, 0) is 11.4 Å². The largest absolute Gasteiger partial charge is 0.493 e. The first-order valence-electron chi connectivity index (χ1n) is 9.21. The van der Waals surface area contributed by atoms with E-state index in [0.717, 1.165) is 36.8 Å². The van der Waals surface area contributed by atoms with Crippen molar-refractivity contribution < 1.29 is 19.4 Å². The zero-order valence-corrected chi connectivity index (χ0v) is 15.6. The predicted molar refractivity (Wildman–Crippen MR) is 103 cm³/mol. The maximum absolute atomic E-state index is 11.4. The van der Waals surface area contributed by atoms with Crippen molar-refractivity contribution in [1.82, 2.24) is 0 Å². The van der Waals surface area contributed by atoms with E-state index in [9.17, 15) is 9.90 Å². The minimum absolute atomic E-state index is 0.0834. The summed E-state index contributed by atoms with van der Waals surface area (Å²) < 4.78 is 11.6. The number of carboxylic acids is 1. The molecule has 4 nitrogen and oxygen atoms in total. The van der Waals surface area contributed by atoms with Crippen LogP contribution < -0.4 is 9.47 Å². The molecule has 0 saturated carbocycles. The van der Waals surface area contributed by atoms with Gasteiger partial charge in [0.15, 0.2) is 11.5 Å². The fraction of sp³-hybridized carbons (Fsp3) is 0.409. The van der Waals surface area contributed by atoms with Gasteiger partial charge in [-0.3, -0.25) is 4.79 Å². The van der Waals surface area contributed by atoms with Crippen molar-refractivity contribution in [2.75, 3.05) is 7.11 Å². The van der Waals surface area contributed by atoms with E-state index in [1.54, 1.807) is 7.11 Å². The van der Waals surface area contributed by atoms with E-state index < -0.39 is 5.97 Å². The Balaban J connectivity index is 2.27. The molecule has 0 aliphatic rings. The Labute approximate surface area is 155 Å². The van der Waals surface area contributed by atoms with Crippen molar-refractivity contribution >= 4 is 5.97 Å². The van der Waals surface area contributed by atoms with Crippen molar-refractivity contribution in [3.8, 4) is 11.5 Å². The van der Waals surface area contributed by atoms with Gasteiger partial charge >= 0.3 is 5.97 Å². The van der Waals surface area contributed by atoms with Gasteiger partial charge in [-0.15, -0.1) is 0 Å². The Morgan fingerprint density at radius 3 is 2.50 bits per heavy atom. The van der Waals surface area contributed by atoms with E-state index in [2.05, 4.69) is 6.92 Å². The number of hydrogen-bond donors (Lipinski definition) is 1. The molecule has 2 aromatic carbocycles. The lowest BCUT2D eigenvalue weighted by Gasteiger charge is -2.21. The normalized spacial score (nSPS) is 11.8. The number of para-hydroxylation sites is 1. The number of methoxy groups -OCH3 is 1. The minimum Gasteiger partial charge on any atom is -0.493 e. The summed E-state index contributed by atoms with van der Waals surface area (Å²) in [5, 5.41) is 9.35. The average molecular weight is 356 g/mol. The van der Waals surface area contributed by atoms with Crippen LogP contribution >= 0.6 is 0 Å². The van der Waals surface area contributed by atoms with Crippen LogP contribution in [0.3, 0.4) is 0 Å². The minimum atomic E-state index is -0.789. The van der Waals surface area contributed by atoms with E-state index in [-0.39, 0.29) is 12.3 Å². The van der Waals surface area contributed by atoms with Gasteiger partial charge in [-0.25, -0.2) is 0 Å². The second kappa shape index (κ2) is 10.5. The zero-order valence-electron chi connectivity index (χ0n) is 15.6. The van der Waals surface area contributed by atoms with Crippen LogP contribution in [0, 0.1) is 0 Å². The Bertz CT molecular complexity index is 682. The van der Waals surface area contributed by atoms with Crippen LogP contribution in [0.25, 0.3) is 0 Å². The molecule has 0 spiro atoms. The van der Waals surface area contributed by atoms with Crippen LogP contribution in [0.2, 0.25) is 0 Å². The molecule has 1 N–H and O–H groups in total. The molecular weight excluding hydrogens is 328 g/mol. The second-order valence-electron chi connectivity index (χ2n) is 6.44. The summed E-state index contributed by atoms with van der Waals surface area (Å²) in [6.07, 6.45) is 4.13. The second-order valence-corrected chi connectivity index (χ2v) is 6.44. The van der Waals surface area contributed by atoms with Crippen LogP contribution in [0.4, 0.5) is 0 Å². The van der Waals surface area contributed by atoms with Crippen molar-refractivity contribution in [3.63, 3.8) is 0 Å². The molecule has 0 heterocycles. The van der Waals surface area contributed by atoms with Crippen molar-refractivity contribution in [2.24, 2.45) is 0 Å². The molecular formula is C22H28O4. The summed E-state index contributed by atoms with van der Waals surface area (Å²) >= 11 is 0. The first kappa shape index (κ1) is 19.8. The lowest BCUT2D eigenvalue weighted by atomic mass is 9.89. The lowest BCUT2D eigenvalue weighted by molar-refractivity contribution is -0.137. The predicted octanol–water partition coefficient (Wildman–Crippen LogP) is 5.41. The number of carbonyl (C=O) groups is 1. The standard InChI is InChI=1S/C22H28O4/c1-3-4-6-12-18(15-21(23)24)19-13-9-14-20(25-2)22(19)26-16-17-10-7-5-8-11-17/h5,7-11,13-14,18H,3-4,6,12,15-16H2,1-2H3,(H,23,24). The summed E-state index contributed by atoms with van der Waals surface area (Å²) in [5.41, 5.74) is 1.98. The topological polar surface area (TPSA) is 55.8 Å². The highest BCUT2D eigenvalue weighted by atomic mass is 16.5. The number of carboxylic acid groups (broad SMARTS) is 1. The Morgan fingerprint density at radius 2 is 1.85 bits per heavy atom. The molecule has 0 aliphatic carbocycles. The number of hydrogen-bond acceptors (Lipinski definition) is 3. The molecule has 0 aliphatic heterocycles. The molecule has 26 heavy (non-hydrogen) atoms. The van der Waals surface area contributed by atoms with Gasteiger partial charge in [0, 0.05) is 5.56 Å². The zero-order chi connectivity index (χ0) is 18.8. The van der Waals surface area contributed by atoms with Gasteiger partial charge in [0.2, 0.25) is 0 Å².